The largest absolute Gasteiger partial charge is 0.396 e. The van der Waals surface area contributed by atoms with Gasteiger partial charge in [-0.1, -0.05) is 45.8 Å². The van der Waals surface area contributed by atoms with Gasteiger partial charge in [-0.25, -0.2) is 0 Å². The van der Waals surface area contributed by atoms with Gasteiger partial charge < -0.3 is 10.2 Å². The molecule has 0 radical (unpaired) electrons. The Morgan fingerprint density at radius 1 is 1.23 bits per heavy atom. The van der Waals surface area contributed by atoms with Gasteiger partial charge in [0.05, 0.1) is 6.10 Å². The SMILES string of the molecule is CC1=CC[C@H]2C(C)(C)C[C@@H](O)C[C@]2(C)[C@H]1CC[C@H](C)CCO. The summed E-state index contributed by atoms with van der Waals surface area (Å²) in [4.78, 5) is 0. The van der Waals surface area contributed by atoms with Crippen molar-refractivity contribution in [2.45, 2.75) is 79.2 Å². The number of fused-ring (bicyclic) bond motifs is 1. The quantitative estimate of drug-likeness (QED) is 0.731. The molecule has 0 amide bonds. The van der Waals surface area contributed by atoms with Gasteiger partial charge in [-0.2, -0.15) is 0 Å². The average molecular weight is 309 g/mol. The van der Waals surface area contributed by atoms with E-state index in [0.29, 0.717) is 24.4 Å². The Bertz CT molecular complexity index is 412. The van der Waals surface area contributed by atoms with Crippen LogP contribution >= 0.6 is 0 Å². The van der Waals surface area contributed by atoms with E-state index in [1.807, 2.05) is 0 Å². The van der Waals surface area contributed by atoms with Crippen molar-refractivity contribution in [1.29, 1.82) is 0 Å². The fourth-order valence-electron chi connectivity index (χ4n) is 5.68. The van der Waals surface area contributed by atoms with Gasteiger partial charge in [-0.15, -0.1) is 0 Å². The van der Waals surface area contributed by atoms with E-state index < -0.39 is 0 Å². The zero-order valence-corrected chi connectivity index (χ0v) is 15.2. The molecule has 22 heavy (non-hydrogen) atoms. The van der Waals surface area contributed by atoms with E-state index in [2.05, 4.69) is 40.7 Å². The number of hydrogen-bond donors (Lipinski definition) is 2. The van der Waals surface area contributed by atoms with Crippen molar-refractivity contribution in [3.05, 3.63) is 11.6 Å². The van der Waals surface area contributed by atoms with Crippen LogP contribution in [0, 0.1) is 28.6 Å². The summed E-state index contributed by atoms with van der Waals surface area (Å²) in [5, 5.41) is 19.6. The molecule has 2 N–H and O–H groups in total. The smallest absolute Gasteiger partial charge is 0.0551 e. The molecule has 1 saturated carbocycles. The Kier molecular flexibility index (Phi) is 5.44. The first-order chi connectivity index (χ1) is 10.2. The minimum Gasteiger partial charge on any atom is -0.396 e. The molecular formula is C20H36O2. The molecule has 0 aromatic rings. The highest BCUT2D eigenvalue weighted by Gasteiger charge is 2.53. The molecule has 0 aliphatic heterocycles. The van der Waals surface area contributed by atoms with Crippen molar-refractivity contribution < 1.29 is 10.2 Å². The lowest BCUT2D eigenvalue weighted by atomic mass is 9.47. The molecule has 2 aliphatic carbocycles. The zero-order valence-electron chi connectivity index (χ0n) is 15.2. The fourth-order valence-corrected chi connectivity index (χ4v) is 5.68. The highest BCUT2D eigenvalue weighted by Crippen LogP contribution is 2.60. The van der Waals surface area contributed by atoms with Gasteiger partial charge in [-0.3, -0.25) is 0 Å². The minimum absolute atomic E-state index is 0.153. The van der Waals surface area contributed by atoms with E-state index in [-0.39, 0.29) is 16.9 Å². The van der Waals surface area contributed by atoms with Crippen LogP contribution in [-0.2, 0) is 0 Å². The standard InChI is InChI=1S/C20H36O2/c1-14(10-11-21)6-8-17-15(2)7-9-18-19(3,4)12-16(22)13-20(17,18)5/h7,14,16-18,21-22H,6,8-13H2,1-5H3/t14-,16+,17-,18-,20+/m0/s1. The Morgan fingerprint density at radius 2 is 1.91 bits per heavy atom. The van der Waals surface area contributed by atoms with Crippen molar-refractivity contribution in [3.8, 4) is 0 Å². The molecule has 0 saturated heterocycles. The van der Waals surface area contributed by atoms with Crippen LogP contribution < -0.4 is 0 Å². The van der Waals surface area contributed by atoms with Crippen LogP contribution in [0.15, 0.2) is 11.6 Å². The summed E-state index contributed by atoms with van der Waals surface area (Å²) in [6.07, 6.45) is 8.65. The second kappa shape index (κ2) is 6.65. The summed E-state index contributed by atoms with van der Waals surface area (Å²) in [7, 11) is 0. The fraction of sp³-hybridized carbons (Fsp3) is 0.900. The van der Waals surface area contributed by atoms with E-state index in [9.17, 15) is 5.11 Å². The molecule has 0 heterocycles. The van der Waals surface area contributed by atoms with Gasteiger partial charge in [-0.05, 0) is 67.6 Å². The normalized spacial score (nSPS) is 39.0. The second-order valence-corrected chi connectivity index (χ2v) is 9.04. The van der Waals surface area contributed by atoms with Crippen molar-refractivity contribution in [3.63, 3.8) is 0 Å². The molecule has 2 heteroatoms. The zero-order chi connectivity index (χ0) is 16.5. The topological polar surface area (TPSA) is 40.5 Å². The molecule has 0 aromatic heterocycles. The highest BCUT2D eigenvalue weighted by molar-refractivity contribution is 5.19. The number of aliphatic hydroxyl groups is 2. The van der Waals surface area contributed by atoms with Crippen LogP contribution in [0.2, 0.25) is 0 Å². The maximum atomic E-state index is 10.5. The molecule has 128 valence electrons. The van der Waals surface area contributed by atoms with E-state index >= 15 is 0 Å². The van der Waals surface area contributed by atoms with Crippen molar-refractivity contribution in [2.75, 3.05) is 6.61 Å². The van der Waals surface area contributed by atoms with E-state index in [1.165, 1.54) is 24.8 Å². The lowest BCUT2D eigenvalue weighted by molar-refractivity contribution is -0.0960. The van der Waals surface area contributed by atoms with Crippen molar-refractivity contribution >= 4 is 0 Å². The van der Waals surface area contributed by atoms with E-state index in [0.717, 1.165) is 19.3 Å². The van der Waals surface area contributed by atoms with Crippen LogP contribution in [0.3, 0.4) is 0 Å². The number of rotatable bonds is 5. The maximum absolute atomic E-state index is 10.5. The summed E-state index contributed by atoms with van der Waals surface area (Å²) in [6.45, 7) is 12.0. The Labute approximate surface area is 137 Å². The van der Waals surface area contributed by atoms with Gasteiger partial charge >= 0.3 is 0 Å². The first-order valence-electron chi connectivity index (χ1n) is 9.16. The first-order valence-corrected chi connectivity index (χ1v) is 9.16. The summed E-state index contributed by atoms with van der Waals surface area (Å²) in [5.41, 5.74) is 1.97. The number of hydrogen-bond acceptors (Lipinski definition) is 2. The maximum Gasteiger partial charge on any atom is 0.0551 e. The number of aliphatic hydroxyl groups excluding tert-OH is 2. The minimum atomic E-state index is -0.153. The van der Waals surface area contributed by atoms with Gasteiger partial charge in [0.2, 0.25) is 0 Å². The van der Waals surface area contributed by atoms with Crippen LogP contribution in [-0.4, -0.2) is 22.9 Å². The molecule has 5 atom stereocenters. The molecule has 0 bridgehead atoms. The van der Waals surface area contributed by atoms with E-state index in [4.69, 9.17) is 5.11 Å². The van der Waals surface area contributed by atoms with Crippen LogP contribution in [0.4, 0.5) is 0 Å². The molecular weight excluding hydrogens is 272 g/mol. The average Bonchev–Trinajstić information content (AvgIpc) is 2.35. The summed E-state index contributed by atoms with van der Waals surface area (Å²) < 4.78 is 0. The van der Waals surface area contributed by atoms with Gasteiger partial charge in [0.1, 0.15) is 0 Å². The third-order valence-electron chi connectivity index (χ3n) is 6.77. The Balaban J connectivity index is 2.20. The first kappa shape index (κ1) is 18.0. The van der Waals surface area contributed by atoms with Crippen LogP contribution in [0.1, 0.15) is 73.1 Å². The third-order valence-corrected chi connectivity index (χ3v) is 6.77. The highest BCUT2D eigenvalue weighted by atomic mass is 16.3. The van der Waals surface area contributed by atoms with Crippen LogP contribution in [0.5, 0.6) is 0 Å². The summed E-state index contributed by atoms with van der Waals surface area (Å²) in [6, 6.07) is 0. The van der Waals surface area contributed by atoms with Crippen molar-refractivity contribution in [1.82, 2.24) is 0 Å². The Morgan fingerprint density at radius 3 is 2.55 bits per heavy atom. The van der Waals surface area contributed by atoms with Gasteiger partial charge in [0.15, 0.2) is 0 Å². The lowest BCUT2D eigenvalue weighted by Crippen LogP contribution is -2.52. The van der Waals surface area contributed by atoms with Crippen molar-refractivity contribution in [2.24, 2.45) is 28.6 Å². The predicted molar refractivity (Wildman–Crippen MR) is 92.6 cm³/mol. The van der Waals surface area contributed by atoms with Crippen LogP contribution in [0.25, 0.3) is 0 Å². The Hall–Kier alpha value is -0.340. The summed E-state index contributed by atoms with van der Waals surface area (Å²) in [5.74, 6) is 1.84. The van der Waals surface area contributed by atoms with Gasteiger partial charge in [0.25, 0.3) is 0 Å². The monoisotopic (exact) mass is 308 g/mol. The summed E-state index contributed by atoms with van der Waals surface area (Å²) >= 11 is 0. The number of allylic oxidation sites excluding steroid dienone is 2. The van der Waals surface area contributed by atoms with Gasteiger partial charge in [0, 0.05) is 6.61 Å². The molecule has 1 fully saturated rings. The molecule has 0 spiro atoms. The van der Waals surface area contributed by atoms with E-state index in [1.54, 1.807) is 0 Å². The molecule has 0 unspecified atom stereocenters. The molecule has 2 aliphatic rings. The second-order valence-electron chi connectivity index (χ2n) is 9.04. The molecule has 2 nitrogen and oxygen atoms in total. The third kappa shape index (κ3) is 3.43. The molecule has 2 rings (SSSR count). The predicted octanol–water partition coefficient (Wildman–Crippen LogP) is 4.55. The molecule has 0 aromatic carbocycles. The lowest BCUT2D eigenvalue weighted by Gasteiger charge is -2.58.